The molecule has 0 saturated carbocycles. The summed E-state index contributed by atoms with van der Waals surface area (Å²) in [5.41, 5.74) is 4.14. The number of rotatable bonds is 7. The number of carbonyl (C=O) groups is 2. The first-order valence-corrected chi connectivity index (χ1v) is 10.4. The second-order valence-corrected chi connectivity index (χ2v) is 8.66. The number of fused-ring (bicyclic) bond motifs is 1. The molecule has 2 aromatic carbocycles. The molecule has 2 aromatic rings. The van der Waals surface area contributed by atoms with Crippen LogP contribution in [0.25, 0.3) is 11.1 Å². The van der Waals surface area contributed by atoms with Crippen LogP contribution in [-0.4, -0.2) is 44.4 Å². The number of Topliss-reactive ketones (excluding diaryl/α,β-unsaturated/α-hetero) is 1. The molecule has 0 saturated heterocycles. The highest BCUT2D eigenvalue weighted by Gasteiger charge is 2.31. The monoisotopic (exact) mass is 409 g/mol. The number of ether oxygens (including phenoxy) is 2. The van der Waals surface area contributed by atoms with Crippen LogP contribution in [0, 0.1) is 5.41 Å². The van der Waals surface area contributed by atoms with Crippen molar-refractivity contribution in [2.45, 2.75) is 40.0 Å². The highest BCUT2D eigenvalue weighted by Crippen LogP contribution is 2.42. The molecule has 0 unspecified atom stereocenters. The minimum Gasteiger partial charge on any atom is -0.493 e. The van der Waals surface area contributed by atoms with Crippen molar-refractivity contribution in [1.82, 2.24) is 4.90 Å². The van der Waals surface area contributed by atoms with Crippen molar-refractivity contribution >= 4 is 11.7 Å². The lowest BCUT2D eigenvalue weighted by molar-refractivity contribution is -0.139. The number of methoxy groups -OCH3 is 1. The molecule has 1 amide bonds. The quantitative estimate of drug-likeness (QED) is 0.673. The zero-order chi connectivity index (χ0) is 22.1. The largest absolute Gasteiger partial charge is 0.493 e. The summed E-state index contributed by atoms with van der Waals surface area (Å²) in [6, 6.07) is 10.0. The molecule has 0 N–H and O–H groups in total. The van der Waals surface area contributed by atoms with Gasteiger partial charge in [-0.25, -0.2) is 0 Å². The fraction of sp³-hybridized carbons (Fsp3) is 0.440. The molecule has 0 radical (unpaired) electrons. The van der Waals surface area contributed by atoms with Crippen molar-refractivity contribution in [3.8, 4) is 22.6 Å². The highest BCUT2D eigenvalue weighted by atomic mass is 16.5. The van der Waals surface area contributed by atoms with Crippen LogP contribution in [0.4, 0.5) is 0 Å². The van der Waals surface area contributed by atoms with Crippen LogP contribution in [0.1, 0.15) is 48.7 Å². The second-order valence-electron chi connectivity index (χ2n) is 8.66. The lowest BCUT2D eigenvalue weighted by Gasteiger charge is -2.28. The van der Waals surface area contributed by atoms with Crippen molar-refractivity contribution in [3.63, 3.8) is 0 Å². The molecule has 3 rings (SSSR count). The minimum atomic E-state index is -0.682. The Balaban J connectivity index is 2.04. The van der Waals surface area contributed by atoms with Crippen LogP contribution in [-0.2, 0) is 17.6 Å². The van der Waals surface area contributed by atoms with E-state index in [1.165, 1.54) is 0 Å². The van der Waals surface area contributed by atoms with Crippen LogP contribution in [0.2, 0.25) is 0 Å². The maximum atomic E-state index is 12.6. The van der Waals surface area contributed by atoms with Crippen molar-refractivity contribution in [2.75, 3.05) is 27.8 Å². The Morgan fingerprint density at radius 1 is 1.07 bits per heavy atom. The van der Waals surface area contributed by atoms with E-state index in [-0.39, 0.29) is 18.3 Å². The van der Waals surface area contributed by atoms with Crippen LogP contribution < -0.4 is 9.47 Å². The summed E-state index contributed by atoms with van der Waals surface area (Å²) in [6.45, 7) is 6.06. The van der Waals surface area contributed by atoms with E-state index in [0.717, 1.165) is 40.7 Å². The zero-order valence-corrected chi connectivity index (χ0v) is 18.8. The Labute approximate surface area is 179 Å². The maximum absolute atomic E-state index is 12.6. The van der Waals surface area contributed by atoms with Crippen molar-refractivity contribution in [1.29, 1.82) is 0 Å². The Bertz CT molecular complexity index is 975. The van der Waals surface area contributed by atoms with Crippen molar-refractivity contribution in [2.24, 2.45) is 5.41 Å². The molecule has 0 spiro atoms. The van der Waals surface area contributed by atoms with Gasteiger partial charge < -0.3 is 14.4 Å². The van der Waals surface area contributed by atoms with Gasteiger partial charge in [-0.2, -0.15) is 0 Å². The maximum Gasteiger partial charge on any atom is 0.231 e. The van der Waals surface area contributed by atoms with Gasteiger partial charge >= 0.3 is 0 Å². The van der Waals surface area contributed by atoms with Gasteiger partial charge in [-0.1, -0.05) is 37.3 Å². The predicted molar refractivity (Wildman–Crippen MR) is 118 cm³/mol. The first kappa shape index (κ1) is 21.9. The van der Waals surface area contributed by atoms with Gasteiger partial charge in [0.25, 0.3) is 0 Å². The predicted octanol–water partition coefficient (Wildman–Crippen LogP) is 4.55. The number of hydrogen-bond acceptors (Lipinski definition) is 4. The Morgan fingerprint density at radius 3 is 2.40 bits per heavy atom. The minimum absolute atomic E-state index is 0.00528. The van der Waals surface area contributed by atoms with Gasteiger partial charge in [0.15, 0.2) is 17.3 Å². The van der Waals surface area contributed by atoms with E-state index >= 15 is 0 Å². The fourth-order valence-electron chi connectivity index (χ4n) is 4.02. The summed E-state index contributed by atoms with van der Waals surface area (Å²) in [7, 11) is 5.14. The average molecular weight is 410 g/mol. The first-order chi connectivity index (χ1) is 14.2. The molecule has 30 heavy (non-hydrogen) atoms. The van der Waals surface area contributed by atoms with Gasteiger partial charge in [-0.3, -0.25) is 9.59 Å². The molecule has 0 aromatic heterocycles. The molecule has 0 bridgehead atoms. The smallest absolute Gasteiger partial charge is 0.231 e. The van der Waals surface area contributed by atoms with Crippen LogP contribution in [0.5, 0.6) is 11.5 Å². The van der Waals surface area contributed by atoms with E-state index in [2.05, 4.69) is 19.1 Å². The Kier molecular flexibility index (Phi) is 6.20. The third kappa shape index (κ3) is 4.07. The van der Waals surface area contributed by atoms with Gasteiger partial charge in [0, 0.05) is 31.6 Å². The normalized spacial score (nSPS) is 13.2. The van der Waals surface area contributed by atoms with E-state index in [0.29, 0.717) is 17.9 Å². The molecule has 1 aliphatic rings. The van der Waals surface area contributed by atoms with E-state index in [1.807, 2.05) is 32.0 Å². The second kappa shape index (κ2) is 8.50. The Hall–Kier alpha value is -2.82. The molecule has 0 heterocycles. The van der Waals surface area contributed by atoms with Crippen LogP contribution >= 0.6 is 0 Å². The van der Waals surface area contributed by atoms with Gasteiger partial charge in [-0.15, -0.1) is 0 Å². The van der Waals surface area contributed by atoms with E-state index in [9.17, 15) is 9.59 Å². The molecule has 160 valence electrons. The lowest BCUT2D eigenvalue weighted by atomic mass is 9.92. The summed E-state index contributed by atoms with van der Waals surface area (Å²) >= 11 is 0. The molecular weight excluding hydrogens is 378 g/mol. The third-order valence-corrected chi connectivity index (χ3v) is 5.68. The number of aryl methyl sites for hydroxylation is 2. The SMILES string of the molecule is CCc1ccc(-c2ccc3c(c2)CCC3=O)c(OCC(C)(C)C(=O)N(C)C)c1OC. The topological polar surface area (TPSA) is 55.8 Å². The van der Waals surface area contributed by atoms with Crippen molar-refractivity contribution < 1.29 is 19.1 Å². The number of nitrogens with zero attached hydrogens (tertiary/aromatic N) is 1. The molecular formula is C25H31NO4. The fourth-order valence-corrected chi connectivity index (χ4v) is 4.02. The molecule has 1 aliphatic carbocycles. The molecule has 5 nitrogen and oxygen atoms in total. The number of amides is 1. The van der Waals surface area contributed by atoms with Gasteiger partial charge in [-0.05, 0) is 43.4 Å². The number of benzene rings is 2. The third-order valence-electron chi connectivity index (χ3n) is 5.68. The number of carbonyl (C=O) groups excluding carboxylic acids is 2. The van der Waals surface area contributed by atoms with Gasteiger partial charge in [0.2, 0.25) is 5.91 Å². The summed E-state index contributed by atoms with van der Waals surface area (Å²) in [5.74, 6) is 1.54. The van der Waals surface area contributed by atoms with Crippen LogP contribution in [0.15, 0.2) is 30.3 Å². The summed E-state index contributed by atoms with van der Waals surface area (Å²) in [6.07, 6.45) is 2.15. The van der Waals surface area contributed by atoms with Crippen LogP contribution in [0.3, 0.4) is 0 Å². The molecule has 5 heteroatoms. The number of hydrogen-bond donors (Lipinski definition) is 0. The highest BCUT2D eigenvalue weighted by molar-refractivity contribution is 6.01. The van der Waals surface area contributed by atoms with Crippen molar-refractivity contribution in [3.05, 3.63) is 47.0 Å². The zero-order valence-electron chi connectivity index (χ0n) is 18.8. The average Bonchev–Trinajstić information content (AvgIpc) is 3.10. The van der Waals surface area contributed by atoms with E-state index in [4.69, 9.17) is 9.47 Å². The number of ketones is 1. The van der Waals surface area contributed by atoms with E-state index < -0.39 is 5.41 Å². The Morgan fingerprint density at radius 2 is 1.77 bits per heavy atom. The lowest BCUT2D eigenvalue weighted by Crippen LogP contribution is -2.40. The first-order valence-electron chi connectivity index (χ1n) is 10.4. The molecule has 0 fully saturated rings. The van der Waals surface area contributed by atoms with Gasteiger partial charge in [0.05, 0.1) is 12.5 Å². The summed E-state index contributed by atoms with van der Waals surface area (Å²) in [4.78, 5) is 26.2. The molecule has 0 atom stereocenters. The standard InChI is InChI=1S/C25H31NO4/c1-7-16-8-12-20(18-9-11-19-17(14-18)10-13-21(19)27)23(22(16)29-6)30-15-25(2,3)24(28)26(4)5/h8-9,11-12,14H,7,10,13,15H2,1-6H3. The van der Waals surface area contributed by atoms with Gasteiger partial charge in [0.1, 0.15) is 6.61 Å². The molecule has 0 aliphatic heterocycles. The summed E-state index contributed by atoms with van der Waals surface area (Å²) in [5, 5.41) is 0. The summed E-state index contributed by atoms with van der Waals surface area (Å²) < 4.78 is 12.0. The van der Waals surface area contributed by atoms with E-state index in [1.54, 1.807) is 26.1 Å².